The molecular weight excluding hydrogens is 1100 g/mol. The Hall–Kier alpha value is -4.99. The third-order valence-corrected chi connectivity index (χ3v) is 10.7. The number of carbonyl (C=O) groups is 11. The first-order valence-electron chi connectivity index (χ1n) is 28.1. The van der Waals surface area contributed by atoms with Gasteiger partial charge in [0.1, 0.15) is 23.6 Å². The van der Waals surface area contributed by atoms with E-state index < -0.39 is 53.9 Å². The normalized spacial score (nSPS) is 12.2. The van der Waals surface area contributed by atoms with Crippen LogP contribution < -0.4 is 26.7 Å². The third kappa shape index (κ3) is 69.5. The van der Waals surface area contributed by atoms with Crippen molar-refractivity contribution >= 4 is 64.2 Å². The van der Waals surface area contributed by atoms with E-state index in [0.29, 0.717) is 19.4 Å². The van der Waals surface area contributed by atoms with Crippen LogP contribution in [0, 0.1) is 53.3 Å². The summed E-state index contributed by atoms with van der Waals surface area (Å²) in [6.45, 7) is 43.3. The molecule has 0 aliphatic rings. The highest BCUT2D eigenvalue weighted by Crippen LogP contribution is 2.16. The molecule has 0 aliphatic heterocycles. The molecule has 5 unspecified atom stereocenters. The highest BCUT2D eigenvalue weighted by atomic mass is 16.5. The minimum absolute atomic E-state index is 0. The summed E-state index contributed by atoms with van der Waals surface area (Å²) in [6, 6.07) is 0. The number of carbonyl (C=O) groups excluding carboxylic acids is 11. The molecule has 0 fully saturated rings. The van der Waals surface area contributed by atoms with E-state index in [2.05, 4.69) is 21.3 Å². The van der Waals surface area contributed by atoms with E-state index in [1.165, 1.54) is 26.3 Å². The lowest BCUT2D eigenvalue weighted by atomic mass is 9.89. The maximum atomic E-state index is 11.1. The summed E-state index contributed by atoms with van der Waals surface area (Å²) >= 11 is 0. The zero-order valence-corrected chi connectivity index (χ0v) is 55.0. The summed E-state index contributed by atoms with van der Waals surface area (Å²) in [5, 5.41) is 88.3. The van der Waals surface area contributed by atoms with Crippen LogP contribution in [0.5, 0.6) is 0 Å². The van der Waals surface area contributed by atoms with E-state index in [1.54, 1.807) is 90.0 Å². The summed E-state index contributed by atoms with van der Waals surface area (Å²) in [4.78, 5) is 117. The molecule has 0 saturated carbocycles. The lowest BCUT2D eigenvalue weighted by Gasteiger charge is -2.23. The number of nitrogens with one attached hydrogen (secondary N) is 5. The van der Waals surface area contributed by atoms with E-state index in [4.69, 9.17) is 35.8 Å². The van der Waals surface area contributed by atoms with Crippen molar-refractivity contribution in [2.45, 2.75) is 230 Å². The van der Waals surface area contributed by atoms with Gasteiger partial charge in [0.05, 0.1) is 25.4 Å². The van der Waals surface area contributed by atoms with E-state index in [-0.39, 0.29) is 134 Å². The van der Waals surface area contributed by atoms with Crippen molar-refractivity contribution < 1.29 is 98.8 Å². The zero-order chi connectivity index (χ0) is 68.4. The number of aliphatic hydroxyl groups excluding tert-OH is 6. The van der Waals surface area contributed by atoms with E-state index in [1.807, 2.05) is 62.3 Å². The molecule has 0 aromatic heterocycles. The lowest BCUT2D eigenvalue weighted by Crippen LogP contribution is -2.41. The number of amides is 5. The number of hydrogen-bond acceptors (Lipinski definition) is 20. The molecule has 0 aromatic carbocycles. The van der Waals surface area contributed by atoms with Gasteiger partial charge >= 0.3 is 0 Å². The second kappa shape index (κ2) is 59.7. The molecule has 5 amide bonds. The van der Waals surface area contributed by atoms with Crippen molar-refractivity contribution in [3.05, 3.63) is 0 Å². The fourth-order valence-corrected chi connectivity index (χ4v) is 3.67. The van der Waals surface area contributed by atoms with Crippen LogP contribution in [0.1, 0.15) is 193 Å². The van der Waals surface area contributed by atoms with Gasteiger partial charge < -0.3 is 62.1 Å². The van der Waals surface area contributed by atoms with Gasteiger partial charge in [-0.15, -0.1) is 0 Å². The first kappa shape index (κ1) is 101. The second-order valence-corrected chi connectivity index (χ2v) is 22.0. The molecule has 0 bridgehead atoms. The SMILES string of the molecule is C.CC(=O)C(=O)C(C)C.CC(=O)C(C)(O)C(C)C.CC(=O)C(C)C.CC(=O)C(O)C(C)C.CC(C)C(=O)NCC(O)O.CC(C)C(=O)NCCO.CC(C)C(=O)NO.CCC(O)CNC(=O)C(=O)C(C)C.CCC(O)CNC(=O)C(O)C(C)C. The fourth-order valence-electron chi connectivity index (χ4n) is 3.67. The summed E-state index contributed by atoms with van der Waals surface area (Å²) in [6.07, 6.45) is -3.14. The molecule has 0 aromatic rings. The molecule has 502 valence electrons. The molecule has 0 rings (SSSR count). The molecule has 25 nitrogen and oxygen atoms in total. The minimum Gasteiger partial charge on any atom is -0.395 e. The summed E-state index contributed by atoms with van der Waals surface area (Å²) in [7, 11) is 0. The van der Waals surface area contributed by atoms with Crippen LogP contribution in [0.2, 0.25) is 0 Å². The first-order chi connectivity index (χ1) is 37.5. The Kier molecular flexibility index (Phi) is 71.8. The molecular formula is C59H121N5O20. The average Bonchev–Trinajstić information content (AvgIpc) is 3.39. The number of Topliss-reactive ketones (excluding diaryl/α,β-unsaturated/α-hetero) is 6. The Morgan fingerprint density at radius 1 is 0.440 bits per heavy atom. The van der Waals surface area contributed by atoms with Crippen molar-refractivity contribution in [3.63, 3.8) is 0 Å². The molecule has 5 atom stereocenters. The van der Waals surface area contributed by atoms with Gasteiger partial charge in [-0.05, 0) is 58.3 Å². The Morgan fingerprint density at radius 3 is 0.952 bits per heavy atom. The summed E-state index contributed by atoms with van der Waals surface area (Å²) in [5.74, 6) is -3.21. The van der Waals surface area contributed by atoms with Gasteiger partial charge in [0.2, 0.25) is 35.2 Å². The second-order valence-electron chi connectivity index (χ2n) is 22.0. The molecule has 0 aliphatic carbocycles. The van der Waals surface area contributed by atoms with E-state index in [9.17, 15) is 63.0 Å². The van der Waals surface area contributed by atoms with Gasteiger partial charge in [-0.2, -0.15) is 0 Å². The van der Waals surface area contributed by atoms with Crippen molar-refractivity contribution in [1.29, 1.82) is 0 Å². The topological polar surface area (TPSA) is 430 Å². The Bertz CT molecular complexity index is 1780. The number of hydrogen-bond donors (Lipinski definition) is 14. The van der Waals surface area contributed by atoms with Crippen molar-refractivity contribution in [2.75, 3.05) is 32.8 Å². The highest BCUT2D eigenvalue weighted by Gasteiger charge is 2.29. The van der Waals surface area contributed by atoms with Gasteiger partial charge in [0.15, 0.2) is 23.6 Å². The number of hydroxylamine groups is 1. The molecule has 0 spiro atoms. The van der Waals surface area contributed by atoms with Crippen molar-refractivity contribution in [2.24, 2.45) is 53.3 Å². The number of aliphatic hydroxyl groups is 8. The molecule has 0 heterocycles. The molecule has 14 N–H and O–H groups in total. The van der Waals surface area contributed by atoms with E-state index in [0.717, 1.165) is 0 Å². The molecule has 25 heteroatoms. The lowest BCUT2D eigenvalue weighted by molar-refractivity contribution is -0.139. The van der Waals surface area contributed by atoms with Crippen molar-refractivity contribution in [3.8, 4) is 0 Å². The zero-order valence-electron chi connectivity index (χ0n) is 55.0. The van der Waals surface area contributed by atoms with Gasteiger partial charge in [-0.25, -0.2) is 5.48 Å². The maximum Gasteiger partial charge on any atom is 0.287 e. The van der Waals surface area contributed by atoms with Crippen LogP contribution in [0.4, 0.5) is 0 Å². The predicted octanol–water partition coefficient (Wildman–Crippen LogP) is 3.20. The van der Waals surface area contributed by atoms with Crippen LogP contribution in [0.25, 0.3) is 0 Å². The quantitative estimate of drug-likeness (QED) is 0.0285. The van der Waals surface area contributed by atoms with Crippen LogP contribution in [-0.2, 0) is 52.7 Å². The van der Waals surface area contributed by atoms with Crippen molar-refractivity contribution in [1.82, 2.24) is 26.7 Å². The molecule has 84 heavy (non-hydrogen) atoms. The Balaban J connectivity index is -0.0000000924. The summed E-state index contributed by atoms with van der Waals surface area (Å²) in [5.41, 5.74) is 0.387. The van der Waals surface area contributed by atoms with Gasteiger partial charge in [-0.3, -0.25) is 57.9 Å². The van der Waals surface area contributed by atoms with Gasteiger partial charge in [-0.1, -0.05) is 146 Å². The smallest absolute Gasteiger partial charge is 0.287 e. The third-order valence-electron chi connectivity index (χ3n) is 10.7. The largest absolute Gasteiger partial charge is 0.395 e. The summed E-state index contributed by atoms with van der Waals surface area (Å²) < 4.78 is 0. The van der Waals surface area contributed by atoms with Gasteiger partial charge in [0.25, 0.3) is 5.91 Å². The molecule has 0 saturated heterocycles. The van der Waals surface area contributed by atoms with E-state index >= 15 is 0 Å². The number of ketones is 6. The fraction of sp³-hybridized carbons (Fsp3) is 0.814. The minimum atomic E-state index is -1.46. The van der Waals surface area contributed by atoms with Crippen LogP contribution in [0.15, 0.2) is 0 Å². The standard InChI is InChI=1S/C9H19NO3.C9H17NO3.C7H14O2.C6H13NO3.C6H13NO2.C6H12O2.C6H10O2.C5H10O.C4H9NO2.CH4/c2*1-4-7(11)5-10-9(13)8(12)6(2)3;1-5(2)7(4,9)6(3)8;1-4(2)6(10)7-3-5(8)9;1-5(2)6(9)7-3-4-8;2*1-4(2)6(8)5(3)7;1-4(2)5(3)6;1-3(2)4(6)5-7;/h6-8,11-12H,4-5H2,1-3H3,(H,10,13);6-7,11H,4-5H2,1-3H3,(H,10,13);5,9H,1-4H3;4-5,8-9H,3H2,1-2H3,(H,7,10);5,8H,3-4H2,1-2H3,(H,7,9);4,6,8H,1-3H3;4H,1-3H3;4H,1-3H3;3,7H,1-2H3,(H,5,6);1H4. The first-order valence-corrected chi connectivity index (χ1v) is 28.1. The monoisotopic (exact) mass is 1220 g/mol. The predicted molar refractivity (Wildman–Crippen MR) is 326 cm³/mol. The Labute approximate surface area is 504 Å². The Morgan fingerprint density at radius 2 is 0.774 bits per heavy atom. The van der Waals surface area contributed by atoms with Crippen LogP contribution in [0.3, 0.4) is 0 Å². The van der Waals surface area contributed by atoms with Crippen LogP contribution in [-0.4, -0.2) is 179 Å². The highest BCUT2D eigenvalue weighted by molar-refractivity contribution is 6.37. The molecule has 0 radical (unpaired) electrons. The van der Waals surface area contributed by atoms with Crippen LogP contribution >= 0.6 is 0 Å². The van der Waals surface area contributed by atoms with Gasteiger partial charge in [0, 0.05) is 62.1 Å². The number of rotatable bonds is 24. The average molecular weight is 1220 g/mol. The maximum absolute atomic E-state index is 11.1.